The van der Waals surface area contributed by atoms with Crippen LogP contribution in [0.5, 0.6) is 0 Å². The zero-order chi connectivity index (χ0) is 19.3. The van der Waals surface area contributed by atoms with Gasteiger partial charge in [-0.1, -0.05) is 13.8 Å². The largest absolute Gasteiger partial charge is 0.431 e. The Labute approximate surface area is 166 Å². The lowest BCUT2D eigenvalue weighted by atomic mass is 9.44. The van der Waals surface area contributed by atoms with Crippen molar-refractivity contribution in [3.8, 4) is 0 Å². The molecule has 0 radical (unpaired) electrons. The summed E-state index contributed by atoms with van der Waals surface area (Å²) in [4.78, 5) is 11.4. The number of ether oxygens (including phenoxy) is 1. The van der Waals surface area contributed by atoms with Gasteiger partial charge in [0.1, 0.15) is 5.60 Å². The van der Waals surface area contributed by atoms with Gasteiger partial charge in [0.25, 0.3) is 0 Å². The van der Waals surface area contributed by atoms with E-state index in [2.05, 4.69) is 13.8 Å². The van der Waals surface area contributed by atoms with E-state index < -0.39 is 0 Å². The molecular formula is C24H32O4. The van der Waals surface area contributed by atoms with Gasteiger partial charge < -0.3 is 14.3 Å². The minimum absolute atomic E-state index is 0.0285. The molecule has 6 rings (SSSR count). The van der Waals surface area contributed by atoms with Crippen LogP contribution in [0.4, 0.5) is 0 Å². The lowest BCUT2D eigenvalue weighted by molar-refractivity contribution is -0.139. The molecular weight excluding hydrogens is 352 g/mol. The molecule has 1 N–H and O–H groups in total. The number of aliphatic hydroxyl groups is 1. The molecule has 1 spiro atoms. The van der Waals surface area contributed by atoms with Gasteiger partial charge in [-0.2, -0.15) is 0 Å². The highest BCUT2D eigenvalue weighted by Crippen LogP contribution is 2.77. The third-order valence-electron chi connectivity index (χ3n) is 10.2. The predicted octanol–water partition coefficient (Wildman–Crippen LogP) is 4.26. The SMILES string of the molecule is C[C@]12CCC(O)CC1CCC1C2CC[C@]2(C)C(c3ccc(=O)oc3)CC3O[C@@]312. The molecule has 0 amide bonds. The summed E-state index contributed by atoms with van der Waals surface area (Å²) in [7, 11) is 0. The van der Waals surface area contributed by atoms with E-state index in [0.717, 1.165) is 25.2 Å². The van der Waals surface area contributed by atoms with Crippen LogP contribution in [0, 0.1) is 28.6 Å². The molecule has 28 heavy (non-hydrogen) atoms. The van der Waals surface area contributed by atoms with E-state index >= 15 is 0 Å². The van der Waals surface area contributed by atoms with Crippen LogP contribution in [-0.4, -0.2) is 22.9 Å². The van der Waals surface area contributed by atoms with Crippen LogP contribution in [0.25, 0.3) is 0 Å². The Morgan fingerprint density at radius 1 is 1.04 bits per heavy atom. The van der Waals surface area contributed by atoms with Gasteiger partial charge >= 0.3 is 5.63 Å². The summed E-state index contributed by atoms with van der Waals surface area (Å²) in [6.45, 7) is 4.97. The molecule has 9 atom stereocenters. The summed E-state index contributed by atoms with van der Waals surface area (Å²) in [6, 6.07) is 3.55. The summed E-state index contributed by atoms with van der Waals surface area (Å²) >= 11 is 0. The van der Waals surface area contributed by atoms with Gasteiger partial charge in [-0.05, 0) is 92.1 Å². The zero-order valence-corrected chi connectivity index (χ0v) is 17.0. The summed E-state index contributed by atoms with van der Waals surface area (Å²) in [5.41, 5.74) is 1.44. The van der Waals surface area contributed by atoms with Crippen molar-refractivity contribution in [2.24, 2.45) is 28.6 Å². The first-order valence-corrected chi connectivity index (χ1v) is 11.3. The third-order valence-corrected chi connectivity index (χ3v) is 10.2. The van der Waals surface area contributed by atoms with Gasteiger partial charge in [-0.25, -0.2) is 4.79 Å². The molecule has 4 aliphatic carbocycles. The van der Waals surface area contributed by atoms with Gasteiger partial charge in [0.2, 0.25) is 0 Å². The van der Waals surface area contributed by atoms with Gasteiger partial charge in [-0.15, -0.1) is 0 Å². The molecule has 1 saturated heterocycles. The number of aliphatic hydroxyl groups excluding tert-OH is 1. The maximum Gasteiger partial charge on any atom is 0.335 e. The molecule has 4 heteroatoms. The van der Waals surface area contributed by atoms with Crippen molar-refractivity contribution >= 4 is 0 Å². The van der Waals surface area contributed by atoms with E-state index in [1.165, 1.54) is 37.7 Å². The first-order chi connectivity index (χ1) is 13.4. The van der Waals surface area contributed by atoms with Gasteiger partial charge in [0.05, 0.1) is 18.5 Å². The average Bonchev–Trinajstić information content (AvgIpc) is 3.33. The molecule has 4 nitrogen and oxygen atoms in total. The van der Waals surface area contributed by atoms with Crippen molar-refractivity contribution in [2.75, 3.05) is 0 Å². The first-order valence-electron chi connectivity index (χ1n) is 11.3. The maximum atomic E-state index is 11.4. The lowest BCUT2D eigenvalue weighted by Gasteiger charge is -2.61. The van der Waals surface area contributed by atoms with E-state index in [0.29, 0.717) is 29.3 Å². The number of fused-ring (bicyclic) bond motifs is 3. The Morgan fingerprint density at radius 3 is 2.68 bits per heavy atom. The minimum Gasteiger partial charge on any atom is -0.431 e. The smallest absolute Gasteiger partial charge is 0.335 e. The Hall–Kier alpha value is -1.13. The van der Waals surface area contributed by atoms with Crippen molar-refractivity contribution in [3.63, 3.8) is 0 Å². The minimum atomic E-state index is -0.266. The van der Waals surface area contributed by atoms with E-state index in [1.54, 1.807) is 12.3 Å². The highest BCUT2D eigenvalue weighted by Gasteiger charge is 2.80. The van der Waals surface area contributed by atoms with Crippen LogP contribution < -0.4 is 5.63 Å². The lowest BCUT2D eigenvalue weighted by Crippen LogP contribution is -2.58. The van der Waals surface area contributed by atoms with E-state index in [9.17, 15) is 9.90 Å². The van der Waals surface area contributed by atoms with Gasteiger partial charge in [0.15, 0.2) is 0 Å². The molecule has 1 aromatic heterocycles. The summed E-state index contributed by atoms with van der Waals surface area (Å²) in [5.74, 6) is 2.48. The van der Waals surface area contributed by atoms with Crippen molar-refractivity contribution in [2.45, 2.75) is 88.9 Å². The fraction of sp³-hybridized carbons (Fsp3) is 0.792. The van der Waals surface area contributed by atoms with Gasteiger partial charge in [0, 0.05) is 11.5 Å². The Morgan fingerprint density at radius 2 is 1.89 bits per heavy atom. The normalized spacial score (nSPS) is 54.2. The van der Waals surface area contributed by atoms with Crippen LogP contribution in [0.15, 0.2) is 27.6 Å². The summed E-state index contributed by atoms with van der Waals surface area (Å²) < 4.78 is 11.8. The molecule has 0 aromatic carbocycles. The number of rotatable bonds is 1. The van der Waals surface area contributed by atoms with Crippen LogP contribution in [0.1, 0.15) is 76.7 Å². The van der Waals surface area contributed by atoms with Crippen molar-refractivity contribution in [3.05, 3.63) is 34.4 Å². The molecule has 1 aromatic rings. The molecule has 152 valence electrons. The summed E-state index contributed by atoms with van der Waals surface area (Å²) in [5, 5.41) is 10.2. The zero-order valence-electron chi connectivity index (χ0n) is 17.0. The second kappa shape index (κ2) is 5.51. The topological polar surface area (TPSA) is 63.0 Å². The second-order valence-corrected chi connectivity index (χ2v) is 11.0. The number of epoxide rings is 1. The van der Waals surface area contributed by atoms with Crippen molar-refractivity contribution in [1.29, 1.82) is 0 Å². The molecule has 0 bridgehead atoms. The number of hydrogen-bond acceptors (Lipinski definition) is 4. The predicted molar refractivity (Wildman–Crippen MR) is 105 cm³/mol. The van der Waals surface area contributed by atoms with E-state index in [-0.39, 0.29) is 22.7 Å². The first kappa shape index (κ1) is 17.7. The number of hydrogen-bond donors (Lipinski definition) is 1. The van der Waals surface area contributed by atoms with Gasteiger partial charge in [-0.3, -0.25) is 0 Å². The molecule has 6 unspecified atom stereocenters. The fourth-order valence-electron chi connectivity index (χ4n) is 8.74. The van der Waals surface area contributed by atoms with Crippen LogP contribution in [-0.2, 0) is 4.74 Å². The Kier molecular flexibility index (Phi) is 3.49. The quantitative estimate of drug-likeness (QED) is 0.735. The van der Waals surface area contributed by atoms with E-state index in [4.69, 9.17) is 9.15 Å². The molecule has 5 aliphatic rings. The molecule has 4 saturated carbocycles. The second-order valence-electron chi connectivity index (χ2n) is 11.0. The Bertz CT molecular complexity index is 842. The van der Waals surface area contributed by atoms with Crippen molar-refractivity contribution in [1.82, 2.24) is 0 Å². The standard InChI is InChI=1S/C24H32O4/c1-22-9-7-16(25)11-15(22)4-5-18-17(22)8-10-23(2)19(12-20-24(18,23)28-20)14-3-6-21(26)27-13-14/h3,6,13,15-20,25H,4-5,7-12H2,1-2H3/t15?,16?,17?,18?,19?,20?,22-,23+,24+/m0/s1. The summed E-state index contributed by atoms with van der Waals surface area (Å²) in [6.07, 6.45) is 11.1. The van der Waals surface area contributed by atoms with Crippen LogP contribution in [0.2, 0.25) is 0 Å². The monoisotopic (exact) mass is 384 g/mol. The van der Waals surface area contributed by atoms with Crippen molar-refractivity contribution < 1.29 is 14.3 Å². The average molecular weight is 385 g/mol. The van der Waals surface area contributed by atoms with Crippen LogP contribution in [0.3, 0.4) is 0 Å². The fourth-order valence-corrected chi connectivity index (χ4v) is 8.74. The van der Waals surface area contributed by atoms with E-state index in [1.807, 2.05) is 6.07 Å². The molecule has 5 fully saturated rings. The molecule has 2 heterocycles. The Balaban J connectivity index is 1.36. The molecule has 1 aliphatic heterocycles. The highest BCUT2D eigenvalue weighted by molar-refractivity contribution is 5.35. The third kappa shape index (κ3) is 2.01. The van der Waals surface area contributed by atoms with Crippen LogP contribution >= 0.6 is 0 Å². The maximum absolute atomic E-state index is 11.4. The highest BCUT2D eigenvalue weighted by atomic mass is 16.6.